The van der Waals surface area contributed by atoms with E-state index in [2.05, 4.69) is 191 Å². The summed E-state index contributed by atoms with van der Waals surface area (Å²) >= 11 is 1.95. The SMILES string of the molecule is Cc1cc2c(cc1C)N(CCOc1cccc3ccccc13)C(=CC=CC1=CC(=CC3Sc4cc(C)c(C)cc4N3CCOc3cccc4ccccc34)CC(C)(C)C1)O2. The molecule has 2 aliphatic heterocycles. The molecule has 6 heteroatoms. The number of aryl methyl sites for hydroxylation is 4. The van der Waals surface area contributed by atoms with Crippen molar-refractivity contribution in [2.24, 2.45) is 5.41 Å². The second kappa shape index (κ2) is 16.7. The summed E-state index contributed by atoms with van der Waals surface area (Å²) in [6.07, 6.45) is 13.5. The first-order chi connectivity index (χ1) is 29.1. The molecule has 0 saturated carbocycles. The van der Waals surface area contributed by atoms with Gasteiger partial charge in [0, 0.05) is 15.7 Å². The molecule has 6 aromatic rings. The zero-order valence-corrected chi connectivity index (χ0v) is 36.4. The van der Waals surface area contributed by atoms with Gasteiger partial charge in [-0.05, 0) is 139 Å². The summed E-state index contributed by atoms with van der Waals surface area (Å²) in [4.78, 5) is 6.13. The lowest BCUT2D eigenvalue weighted by atomic mass is 9.75. The first-order valence-electron chi connectivity index (χ1n) is 21.2. The number of thioether (sulfide) groups is 1. The average Bonchev–Trinajstić information content (AvgIpc) is 3.72. The molecular weight excluding hydrogens is 757 g/mol. The van der Waals surface area contributed by atoms with E-state index in [4.69, 9.17) is 14.2 Å². The molecule has 6 aromatic carbocycles. The summed E-state index contributed by atoms with van der Waals surface area (Å²) in [5, 5.41) is 4.83. The molecule has 3 aliphatic rings. The Morgan fingerprint density at radius 1 is 0.700 bits per heavy atom. The third-order valence-corrected chi connectivity index (χ3v) is 13.3. The van der Waals surface area contributed by atoms with E-state index in [-0.39, 0.29) is 10.8 Å². The summed E-state index contributed by atoms with van der Waals surface area (Å²) in [7, 11) is 0. The third-order valence-electron chi connectivity index (χ3n) is 12.1. The van der Waals surface area contributed by atoms with E-state index in [1.165, 1.54) is 54.8 Å². The number of fused-ring (bicyclic) bond motifs is 4. The van der Waals surface area contributed by atoms with E-state index in [0.717, 1.165) is 59.0 Å². The Hall–Kier alpha value is -5.85. The van der Waals surface area contributed by atoms with Gasteiger partial charge in [0.15, 0.2) is 5.75 Å². The van der Waals surface area contributed by atoms with Crippen molar-refractivity contribution in [3.8, 4) is 17.2 Å². The van der Waals surface area contributed by atoms with Crippen molar-refractivity contribution in [2.75, 3.05) is 36.1 Å². The van der Waals surface area contributed by atoms with Gasteiger partial charge in [-0.25, -0.2) is 0 Å². The molecule has 1 unspecified atom stereocenters. The zero-order valence-electron chi connectivity index (χ0n) is 35.6. The summed E-state index contributed by atoms with van der Waals surface area (Å²) in [5.41, 5.74) is 10.3. The van der Waals surface area contributed by atoms with E-state index in [1.807, 2.05) is 11.8 Å². The van der Waals surface area contributed by atoms with Gasteiger partial charge >= 0.3 is 0 Å². The predicted octanol–water partition coefficient (Wildman–Crippen LogP) is 13.6. The molecule has 0 spiro atoms. The maximum atomic E-state index is 6.54. The van der Waals surface area contributed by atoms with Crippen LogP contribution in [-0.2, 0) is 0 Å². The Labute approximate surface area is 359 Å². The molecule has 60 heavy (non-hydrogen) atoms. The minimum Gasteiger partial charge on any atom is -0.491 e. The number of rotatable bonds is 11. The van der Waals surface area contributed by atoms with Gasteiger partial charge in [0.05, 0.1) is 29.8 Å². The van der Waals surface area contributed by atoms with Gasteiger partial charge in [0.1, 0.15) is 24.7 Å². The Morgan fingerprint density at radius 3 is 2.00 bits per heavy atom. The Morgan fingerprint density at radius 2 is 1.30 bits per heavy atom. The lowest BCUT2D eigenvalue weighted by molar-refractivity contribution is 0.325. The van der Waals surface area contributed by atoms with Gasteiger partial charge in [0.25, 0.3) is 0 Å². The molecule has 0 aromatic heterocycles. The van der Waals surface area contributed by atoms with Crippen LogP contribution in [0.5, 0.6) is 17.2 Å². The van der Waals surface area contributed by atoms with Crippen LogP contribution in [0.4, 0.5) is 11.4 Å². The summed E-state index contributed by atoms with van der Waals surface area (Å²) in [6, 6.07) is 38.5. The van der Waals surface area contributed by atoms with Gasteiger partial charge in [-0.15, -0.1) is 0 Å². The van der Waals surface area contributed by atoms with Gasteiger partial charge in [0.2, 0.25) is 5.88 Å². The van der Waals surface area contributed by atoms with Crippen molar-refractivity contribution >= 4 is 44.7 Å². The van der Waals surface area contributed by atoms with E-state index in [9.17, 15) is 0 Å². The fourth-order valence-electron chi connectivity index (χ4n) is 8.81. The van der Waals surface area contributed by atoms with Gasteiger partial charge in [-0.3, -0.25) is 0 Å². The zero-order chi connectivity index (χ0) is 41.4. The fraction of sp³-hybridized carbons (Fsp3) is 0.259. The van der Waals surface area contributed by atoms with Crippen LogP contribution < -0.4 is 24.0 Å². The third kappa shape index (κ3) is 8.31. The van der Waals surface area contributed by atoms with Crippen molar-refractivity contribution in [1.29, 1.82) is 0 Å². The number of allylic oxidation sites excluding steroid dienone is 6. The van der Waals surface area contributed by atoms with Crippen molar-refractivity contribution < 1.29 is 14.2 Å². The molecule has 0 fully saturated rings. The van der Waals surface area contributed by atoms with Crippen LogP contribution in [-0.4, -0.2) is 31.7 Å². The molecule has 0 radical (unpaired) electrons. The van der Waals surface area contributed by atoms with Crippen LogP contribution in [0.1, 0.15) is 48.9 Å². The Kier molecular flexibility index (Phi) is 11.0. The predicted molar refractivity (Wildman–Crippen MR) is 252 cm³/mol. The molecule has 2 heterocycles. The number of benzene rings is 6. The topological polar surface area (TPSA) is 34.2 Å². The van der Waals surface area contributed by atoms with Crippen LogP contribution in [0.3, 0.4) is 0 Å². The molecule has 0 saturated heterocycles. The summed E-state index contributed by atoms with van der Waals surface area (Å²) < 4.78 is 19.5. The molecule has 0 bridgehead atoms. The maximum Gasteiger partial charge on any atom is 0.200 e. The lowest BCUT2D eigenvalue weighted by Gasteiger charge is -2.32. The van der Waals surface area contributed by atoms with E-state index >= 15 is 0 Å². The molecule has 5 nitrogen and oxygen atoms in total. The van der Waals surface area contributed by atoms with E-state index in [0.29, 0.717) is 19.8 Å². The number of nitrogens with zero attached hydrogens (tertiary/aromatic N) is 2. The number of hydrogen-bond donors (Lipinski definition) is 0. The maximum absolute atomic E-state index is 6.54. The number of ether oxygens (including phenoxy) is 3. The lowest BCUT2D eigenvalue weighted by Crippen LogP contribution is -2.32. The highest BCUT2D eigenvalue weighted by Gasteiger charge is 2.32. The van der Waals surface area contributed by atoms with Gasteiger partial charge in [-0.1, -0.05) is 117 Å². The van der Waals surface area contributed by atoms with Crippen molar-refractivity contribution in [3.63, 3.8) is 0 Å². The Balaban J connectivity index is 0.947. The minimum atomic E-state index is 0.124. The quantitative estimate of drug-likeness (QED) is 0.130. The Bertz CT molecular complexity index is 2710. The van der Waals surface area contributed by atoms with Crippen LogP contribution in [0.25, 0.3) is 21.5 Å². The van der Waals surface area contributed by atoms with Crippen molar-refractivity contribution in [1.82, 2.24) is 0 Å². The molecule has 1 atom stereocenters. The number of hydrogen-bond acceptors (Lipinski definition) is 6. The van der Waals surface area contributed by atoms with Crippen LogP contribution >= 0.6 is 11.8 Å². The highest BCUT2D eigenvalue weighted by atomic mass is 32.2. The highest BCUT2D eigenvalue weighted by molar-refractivity contribution is 8.00. The fourth-order valence-corrected chi connectivity index (χ4v) is 10.2. The molecule has 1 aliphatic carbocycles. The minimum absolute atomic E-state index is 0.124. The van der Waals surface area contributed by atoms with Crippen molar-refractivity contribution in [2.45, 2.75) is 64.7 Å². The van der Waals surface area contributed by atoms with Crippen LogP contribution in [0.15, 0.2) is 161 Å². The second-order valence-corrected chi connectivity index (χ2v) is 18.4. The van der Waals surface area contributed by atoms with Gasteiger partial charge < -0.3 is 24.0 Å². The first-order valence-corrected chi connectivity index (χ1v) is 22.1. The normalized spacial score (nSPS) is 18.4. The largest absolute Gasteiger partial charge is 0.491 e. The highest BCUT2D eigenvalue weighted by Crippen LogP contribution is 2.47. The summed E-state index contributed by atoms with van der Waals surface area (Å²) in [5.74, 6) is 3.54. The van der Waals surface area contributed by atoms with E-state index < -0.39 is 0 Å². The molecular formula is C54H54N2O3S. The van der Waals surface area contributed by atoms with E-state index in [1.54, 1.807) is 0 Å². The summed E-state index contributed by atoms with van der Waals surface area (Å²) in [6.45, 7) is 16.1. The van der Waals surface area contributed by atoms with Crippen molar-refractivity contribution in [3.05, 3.63) is 179 Å². The number of anilines is 2. The van der Waals surface area contributed by atoms with Gasteiger partial charge in [-0.2, -0.15) is 0 Å². The molecule has 9 rings (SSSR count). The van der Waals surface area contributed by atoms with Crippen LogP contribution in [0.2, 0.25) is 0 Å². The average molecular weight is 811 g/mol. The monoisotopic (exact) mass is 810 g/mol. The second-order valence-electron chi connectivity index (χ2n) is 17.3. The standard InChI is InChI=1S/C54H54N2O3S/c1-36-28-46-50(30-38(36)3)59-52(55(46)24-26-57-48-21-12-17-42-15-7-9-19-44(42)48)23-11-14-40-32-41(35-54(5,6)34-40)33-53-56(47-29-37(2)39(4)31-51(47)60-53)25-27-58-49-22-13-18-43-16-8-10-20-45(43)49/h7-23,28-33,53H,24-27,34-35H2,1-6H3. The smallest absolute Gasteiger partial charge is 0.200 e. The molecule has 0 N–H and O–H groups in total. The molecule has 304 valence electrons. The molecule has 0 amide bonds. The first kappa shape index (κ1) is 39.6. The van der Waals surface area contributed by atoms with Crippen LogP contribution in [0, 0.1) is 33.1 Å².